The molecule has 2 heteroatoms. The number of fused-ring (bicyclic) bond motifs is 2. The van der Waals surface area contributed by atoms with Gasteiger partial charge >= 0.3 is 0 Å². The molecule has 70 valence electrons. The predicted octanol–water partition coefficient (Wildman–Crippen LogP) is 1.51. The SMILES string of the molecule is CC(C)N1C[C@H]2CO[C@](C)(C2)C1. The summed E-state index contributed by atoms with van der Waals surface area (Å²) in [5, 5.41) is 0. The van der Waals surface area contributed by atoms with Crippen molar-refractivity contribution < 1.29 is 4.74 Å². The van der Waals surface area contributed by atoms with Gasteiger partial charge in [-0.25, -0.2) is 0 Å². The zero-order valence-electron chi connectivity index (χ0n) is 8.34. The Kier molecular flexibility index (Phi) is 1.92. The summed E-state index contributed by atoms with van der Waals surface area (Å²) in [5.74, 6) is 0.797. The minimum atomic E-state index is 0.174. The Morgan fingerprint density at radius 1 is 1.50 bits per heavy atom. The van der Waals surface area contributed by atoms with E-state index in [1.807, 2.05) is 0 Å². The van der Waals surface area contributed by atoms with E-state index in [1.165, 1.54) is 13.0 Å². The van der Waals surface area contributed by atoms with Gasteiger partial charge in [0.15, 0.2) is 0 Å². The Bertz CT molecular complexity index is 181. The summed E-state index contributed by atoms with van der Waals surface area (Å²) in [4.78, 5) is 2.54. The van der Waals surface area contributed by atoms with Gasteiger partial charge in [0.2, 0.25) is 0 Å². The second kappa shape index (κ2) is 2.71. The first kappa shape index (κ1) is 8.52. The van der Waals surface area contributed by atoms with Gasteiger partial charge in [0, 0.05) is 19.1 Å². The number of hydrogen-bond acceptors (Lipinski definition) is 2. The highest BCUT2D eigenvalue weighted by Gasteiger charge is 2.43. The van der Waals surface area contributed by atoms with E-state index in [0.717, 1.165) is 19.1 Å². The molecule has 0 amide bonds. The van der Waals surface area contributed by atoms with Gasteiger partial charge in [0.1, 0.15) is 0 Å². The minimum absolute atomic E-state index is 0.174. The monoisotopic (exact) mass is 169 g/mol. The topological polar surface area (TPSA) is 12.5 Å². The average Bonchev–Trinajstić information content (AvgIpc) is 2.25. The zero-order valence-corrected chi connectivity index (χ0v) is 8.34. The van der Waals surface area contributed by atoms with Crippen LogP contribution < -0.4 is 0 Å². The van der Waals surface area contributed by atoms with Crippen molar-refractivity contribution >= 4 is 0 Å². The molecule has 2 aliphatic rings. The second-order valence-corrected chi connectivity index (χ2v) is 4.85. The molecular formula is C10H19NO. The highest BCUT2D eigenvalue weighted by Crippen LogP contribution is 2.36. The summed E-state index contributed by atoms with van der Waals surface area (Å²) in [5.41, 5.74) is 0.174. The maximum Gasteiger partial charge on any atom is 0.0785 e. The molecule has 2 atom stereocenters. The lowest BCUT2D eigenvalue weighted by Gasteiger charge is -2.38. The van der Waals surface area contributed by atoms with E-state index in [9.17, 15) is 0 Å². The van der Waals surface area contributed by atoms with Gasteiger partial charge in [-0.05, 0) is 33.1 Å². The molecule has 12 heavy (non-hydrogen) atoms. The van der Waals surface area contributed by atoms with Crippen molar-refractivity contribution in [3.05, 3.63) is 0 Å². The van der Waals surface area contributed by atoms with E-state index in [2.05, 4.69) is 25.7 Å². The van der Waals surface area contributed by atoms with Crippen molar-refractivity contribution in [3.63, 3.8) is 0 Å². The Morgan fingerprint density at radius 2 is 2.25 bits per heavy atom. The van der Waals surface area contributed by atoms with E-state index < -0.39 is 0 Å². The molecule has 2 saturated heterocycles. The lowest BCUT2D eigenvalue weighted by atomic mass is 9.90. The highest BCUT2D eigenvalue weighted by molar-refractivity contribution is 4.94. The molecule has 0 aromatic carbocycles. The third kappa shape index (κ3) is 1.38. The molecule has 0 spiro atoms. The van der Waals surface area contributed by atoms with Crippen LogP contribution in [0.3, 0.4) is 0 Å². The van der Waals surface area contributed by atoms with Crippen molar-refractivity contribution in [2.75, 3.05) is 19.7 Å². The van der Waals surface area contributed by atoms with Crippen LogP contribution in [0, 0.1) is 5.92 Å². The molecule has 2 aliphatic heterocycles. The van der Waals surface area contributed by atoms with Gasteiger partial charge in [-0.3, -0.25) is 4.90 Å². The summed E-state index contributed by atoms with van der Waals surface area (Å²) < 4.78 is 5.80. The molecule has 0 aliphatic carbocycles. The standard InChI is InChI=1S/C10H19NO/c1-8(2)11-5-9-4-10(3,7-11)12-6-9/h8-9H,4-7H2,1-3H3/t9-,10+/m0/s1. The fourth-order valence-electron chi connectivity index (χ4n) is 2.49. The summed E-state index contributed by atoms with van der Waals surface area (Å²) in [7, 11) is 0. The number of nitrogens with zero attached hydrogens (tertiary/aromatic N) is 1. The molecule has 0 radical (unpaired) electrons. The van der Waals surface area contributed by atoms with Gasteiger partial charge < -0.3 is 4.74 Å². The van der Waals surface area contributed by atoms with E-state index >= 15 is 0 Å². The van der Waals surface area contributed by atoms with E-state index in [0.29, 0.717) is 6.04 Å². The van der Waals surface area contributed by atoms with Crippen molar-refractivity contribution in [2.24, 2.45) is 5.92 Å². The van der Waals surface area contributed by atoms with Crippen LogP contribution in [0.1, 0.15) is 27.2 Å². The lowest BCUT2D eigenvalue weighted by Crippen LogP contribution is -2.48. The molecule has 0 aromatic rings. The summed E-state index contributed by atoms with van der Waals surface area (Å²) in [6.45, 7) is 10.2. The maximum atomic E-state index is 5.80. The summed E-state index contributed by atoms with van der Waals surface area (Å²) >= 11 is 0. The van der Waals surface area contributed by atoms with Crippen LogP contribution in [0.5, 0.6) is 0 Å². The largest absolute Gasteiger partial charge is 0.374 e. The van der Waals surface area contributed by atoms with Crippen LogP contribution in [-0.2, 0) is 4.74 Å². The highest BCUT2D eigenvalue weighted by atomic mass is 16.5. The van der Waals surface area contributed by atoms with Crippen LogP contribution in [0.4, 0.5) is 0 Å². The minimum Gasteiger partial charge on any atom is -0.374 e. The predicted molar refractivity (Wildman–Crippen MR) is 49.2 cm³/mol. The molecular weight excluding hydrogens is 150 g/mol. The molecule has 2 bridgehead atoms. The van der Waals surface area contributed by atoms with Crippen molar-refractivity contribution in [2.45, 2.75) is 38.8 Å². The number of ether oxygens (including phenoxy) is 1. The number of likely N-dealkylation sites (tertiary alicyclic amines) is 1. The smallest absolute Gasteiger partial charge is 0.0785 e. The normalized spacial score (nSPS) is 42.5. The number of piperidine rings is 1. The maximum absolute atomic E-state index is 5.80. The van der Waals surface area contributed by atoms with E-state index in [4.69, 9.17) is 4.74 Å². The van der Waals surface area contributed by atoms with Crippen molar-refractivity contribution in [1.82, 2.24) is 4.90 Å². The first-order valence-corrected chi connectivity index (χ1v) is 4.97. The fourth-order valence-corrected chi connectivity index (χ4v) is 2.49. The zero-order chi connectivity index (χ0) is 8.77. The first-order valence-electron chi connectivity index (χ1n) is 4.97. The second-order valence-electron chi connectivity index (χ2n) is 4.85. The molecule has 2 nitrogen and oxygen atoms in total. The average molecular weight is 169 g/mol. The Hall–Kier alpha value is -0.0800. The van der Waals surface area contributed by atoms with Crippen LogP contribution in [0.25, 0.3) is 0 Å². The third-order valence-electron chi connectivity index (χ3n) is 3.15. The summed E-state index contributed by atoms with van der Waals surface area (Å²) in [6, 6.07) is 0.675. The van der Waals surface area contributed by atoms with Crippen molar-refractivity contribution in [3.8, 4) is 0 Å². The molecule has 0 aromatic heterocycles. The van der Waals surface area contributed by atoms with Gasteiger partial charge in [-0.1, -0.05) is 0 Å². The lowest BCUT2D eigenvalue weighted by molar-refractivity contribution is -0.0113. The van der Waals surface area contributed by atoms with E-state index in [1.54, 1.807) is 0 Å². The summed E-state index contributed by atoms with van der Waals surface area (Å²) in [6.07, 6.45) is 1.27. The van der Waals surface area contributed by atoms with Gasteiger partial charge in [-0.2, -0.15) is 0 Å². The van der Waals surface area contributed by atoms with Crippen LogP contribution in [-0.4, -0.2) is 36.2 Å². The molecule has 2 rings (SSSR count). The van der Waals surface area contributed by atoms with Crippen LogP contribution >= 0.6 is 0 Å². The van der Waals surface area contributed by atoms with Gasteiger partial charge in [0.25, 0.3) is 0 Å². The molecule has 2 fully saturated rings. The van der Waals surface area contributed by atoms with Crippen LogP contribution in [0.2, 0.25) is 0 Å². The number of rotatable bonds is 1. The quantitative estimate of drug-likeness (QED) is 0.590. The first-order chi connectivity index (χ1) is 5.59. The van der Waals surface area contributed by atoms with Gasteiger partial charge in [-0.15, -0.1) is 0 Å². The van der Waals surface area contributed by atoms with Crippen LogP contribution in [0.15, 0.2) is 0 Å². The Balaban J connectivity index is 2.06. The molecule has 2 heterocycles. The van der Waals surface area contributed by atoms with E-state index in [-0.39, 0.29) is 5.60 Å². The molecule has 0 saturated carbocycles. The molecule has 0 N–H and O–H groups in total. The third-order valence-corrected chi connectivity index (χ3v) is 3.15. The molecule has 0 unspecified atom stereocenters. The Morgan fingerprint density at radius 3 is 2.83 bits per heavy atom. The van der Waals surface area contributed by atoms with Crippen molar-refractivity contribution in [1.29, 1.82) is 0 Å². The Labute approximate surface area is 74.9 Å². The number of hydrogen-bond donors (Lipinski definition) is 0. The van der Waals surface area contributed by atoms with Gasteiger partial charge in [0.05, 0.1) is 12.2 Å². The fraction of sp³-hybridized carbons (Fsp3) is 1.00.